The first kappa shape index (κ1) is 18.4. The van der Waals surface area contributed by atoms with Crippen LogP contribution in [0, 0.1) is 0 Å². The maximum Gasteiger partial charge on any atom is 0.157 e. The average Bonchev–Trinajstić information content (AvgIpc) is 2.42. The van der Waals surface area contributed by atoms with Crippen molar-refractivity contribution in [2.24, 2.45) is 0 Å². The topological polar surface area (TPSA) is 61.4 Å². The molecule has 0 spiro atoms. The van der Waals surface area contributed by atoms with Crippen molar-refractivity contribution in [2.75, 3.05) is 34.2 Å². The van der Waals surface area contributed by atoms with Crippen LogP contribution in [0.4, 0.5) is 0 Å². The number of hydrogen-bond donors (Lipinski definition) is 2. The fourth-order valence-electron chi connectivity index (χ4n) is 1.68. The molecule has 0 aromatic rings. The Labute approximate surface area is 122 Å². The second-order valence-electron chi connectivity index (χ2n) is 4.69. The number of ketones is 2. The number of nitrogens with zero attached hydrogens (tertiary/aromatic N) is 1. The van der Waals surface area contributed by atoms with Crippen LogP contribution in [0.25, 0.3) is 0 Å². The van der Waals surface area contributed by atoms with E-state index in [4.69, 9.17) is 0 Å². The van der Waals surface area contributed by atoms with Crippen LogP contribution in [0.3, 0.4) is 0 Å². The Morgan fingerprint density at radius 3 is 1.65 bits per heavy atom. The maximum absolute atomic E-state index is 11.4. The lowest BCUT2D eigenvalue weighted by atomic mass is 10.2. The fraction of sp³-hybridized carbons (Fsp3) is 0.600. The van der Waals surface area contributed by atoms with Gasteiger partial charge in [0.2, 0.25) is 0 Å². The summed E-state index contributed by atoms with van der Waals surface area (Å²) in [5.41, 5.74) is 0. The van der Waals surface area contributed by atoms with Crippen molar-refractivity contribution < 1.29 is 9.59 Å². The molecule has 0 radical (unpaired) electrons. The number of allylic oxidation sites excluding steroid dienone is 2. The molecule has 0 amide bonds. The van der Waals surface area contributed by atoms with Crippen LogP contribution < -0.4 is 10.6 Å². The minimum Gasteiger partial charge on any atom is -0.394 e. The molecule has 0 rings (SSSR count). The van der Waals surface area contributed by atoms with E-state index in [1.54, 1.807) is 38.6 Å². The summed E-state index contributed by atoms with van der Waals surface area (Å²) in [6.45, 7) is 1.75. The van der Waals surface area contributed by atoms with Crippen molar-refractivity contribution in [3.8, 4) is 0 Å². The van der Waals surface area contributed by atoms with Crippen LogP contribution in [-0.2, 0) is 9.59 Å². The molecular weight excluding hydrogens is 254 g/mol. The van der Waals surface area contributed by atoms with E-state index in [1.165, 1.54) is 0 Å². The van der Waals surface area contributed by atoms with Crippen LogP contribution in [0.5, 0.6) is 0 Å². The van der Waals surface area contributed by atoms with Gasteiger partial charge in [-0.1, -0.05) is 0 Å². The molecule has 0 unspecified atom stereocenters. The van der Waals surface area contributed by atoms with E-state index in [1.807, 2.05) is 7.05 Å². The van der Waals surface area contributed by atoms with Gasteiger partial charge in [0.1, 0.15) is 0 Å². The van der Waals surface area contributed by atoms with Gasteiger partial charge in [0, 0.05) is 26.9 Å². The first-order valence-electron chi connectivity index (χ1n) is 7.02. The van der Waals surface area contributed by atoms with Gasteiger partial charge < -0.3 is 15.5 Å². The van der Waals surface area contributed by atoms with Gasteiger partial charge in [-0.15, -0.1) is 0 Å². The molecule has 0 aliphatic carbocycles. The third kappa shape index (κ3) is 11.5. The van der Waals surface area contributed by atoms with Gasteiger partial charge in [0.25, 0.3) is 0 Å². The van der Waals surface area contributed by atoms with E-state index in [0.29, 0.717) is 12.8 Å². The molecule has 5 nitrogen and oxygen atoms in total. The molecule has 0 fully saturated rings. The van der Waals surface area contributed by atoms with E-state index >= 15 is 0 Å². The number of rotatable bonds is 12. The minimum absolute atomic E-state index is 0.139. The highest BCUT2D eigenvalue weighted by Gasteiger charge is 2.02. The van der Waals surface area contributed by atoms with Gasteiger partial charge in [-0.3, -0.25) is 9.59 Å². The Balaban J connectivity index is 3.61. The fourth-order valence-corrected chi connectivity index (χ4v) is 1.68. The Bertz CT molecular complexity index is 306. The van der Waals surface area contributed by atoms with Gasteiger partial charge in [0.15, 0.2) is 11.6 Å². The lowest BCUT2D eigenvalue weighted by Gasteiger charge is -2.15. The van der Waals surface area contributed by atoms with Crippen LogP contribution >= 0.6 is 0 Å². The minimum atomic E-state index is 0.139. The van der Waals surface area contributed by atoms with Gasteiger partial charge >= 0.3 is 0 Å². The first-order chi connectivity index (χ1) is 9.60. The standard InChI is InChI=1S/C15H27N3O2/c1-16-10-8-14(19)6-4-12-18(3)13-5-7-15(20)9-11-17-2/h8-11,16-17H,4-7,12-13H2,1-3H3. The Kier molecular flexibility index (Phi) is 11.4. The van der Waals surface area contributed by atoms with Gasteiger partial charge in [-0.05, 0) is 57.5 Å². The number of carbonyl (C=O) groups excluding carboxylic acids is 2. The summed E-state index contributed by atoms with van der Waals surface area (Å²) in [7, 11) is 5.55. The molecule has 0 aliphatic rings. The number of nitrogens with one attached hydrogen (secondary N) is 2. The normalized spacial score (nSPS) is 11.4. The van der Waals surface area contributed by atoms with Gasteiger partial charge in [0.05, 0.1) is 0 Å². The van der Waals surface area contributed by atoms with Crippen molar-refractivity contribution in [1.29, 1.82) is 0 Å². The zero-order valence-corrected chi connectivity index (χ0v) is 12.8. The van der Waals surface area contributed by atoms with Crippen molar-refractivity contribution >= 4 is 11.6 Å². The van der Waals surface area contributed by atoms with Crippen molar-refractivity contribution in [3.05, 3.63) is 24.6 Å². The third-order valence-corrected chi connectivity index (χ3v) is 2.80. The summed E-state index contributed by atoms with van der Waals surface area (Å²) in [5.74, 6) is 0.278. The molecule has 0 aromatic carbocycles. The summed E-state index contributed by atoms with van der Waals surface area (Å²) in [4.78, 5) is 24.9. The number of carbonyl (C=O) groups is 2. The highest BCUT2D eigenvalue weighted by Crippen LogP contribution is 1.99. The first-order valence-corrected chi connectivity index (χ1v) is 7.02. The van der Waals surface area contributed by atoms with Crippen LogP contribution in [-0.4, -0.2) is 50.7 Å². The summed E-state index contributed by atoms with van der Waals surface area (Å²) < 4.78 is 0. The highest BCUT2D eigenvalue weighted by molar-refractivity contribution is 5.89. The van der Waals surface area contributed by atoms with E-state index in [-0.39, 0.29) is 11.6 Å². The van der Waals surface area contributed by atoms with Crippen molar-refractivity contribution in [1.82, 2.24) is 15.5 Å². The van der Waals surface area contributed by atoms with Gasteiger partial charge in [-0.2, -0.15) is 0 Å². The largest absolute Gasteiger partial charge is 0.394 e. The second kappa shape index (κ2) is 12.4. The van der Waals surface area contributed by atoms with Crippen molar-refractivity contribution in [3.63, 3.8) is 0 Å². The maximum atomic E-state index is 11.4. The lowest BCUT2D eigenvalue weighted by molar-refractivity contribution is -0.115. The molecule has 5 heteroatoms. The van der Waals surface area contributed by atoms with Crippen LogP contribution in [0.15, 0.2) is 24.6 Å². The molecule has 114 valence electrons. The average molecular weight is 281 g/mol. The van der Waals surface area contributed by atoms with E-state index in [2.05, 4.69) is 15.5 Å². The van der Waals surface area contributed by atoms with Crippen molar-refractivity contribution in [2.45, 2.75) is 25.7 Å². The van der Waals surface area contributed by atoms with E-state index in [9.17, 15) is 9.59 Å². The summed E-state index contributed by atoms with van der Waals surface area (Å²) in [5, 5.41) is 5.59. The Hall–Kier alpha value is -1.62. The molecule has 0 bridgehead atoms. The predicted octanol–water partition coefficient (Wildman–Crippen LogP) is 1.08. The summed E-state index contributed by atoms with van der Waals surface area (Å²) >= 11 is 0. The molecule has 0 saturated heterocycles. The Morgan fingerprint density at radius 1 is 0.900 bits per heavy atom. The molecule has 0 saturated carbocycles. The van der Waals surface area contributed by atoms with Crippen LogP contribution in [0.1, 0.15) is 25.7 Å². The molecule has 20 heavy (non-hydrogen) atoms. The lowest BCUT2D eigenvalue weighted by Crippen LogP contribution is -2.22. The summed E-state index contributed by atoms with van der Waals surface area (Å²) in [6.07, 6.45) is 9.24. The van der Waals surface area contributed by atoms with E-state index in [0.717, 1.165) is 25.9 Å². The molecule has 0 heterocycles. The molecule has 2 N–H and O–H groups in total. The zero-order chi connectivity index (χ0) is 15.2. The molecule has 0 atom stereocenters. The molecule has 0 aliphatic heterocycles. The summed E-state index contributed by atoms with van der Waals surface area (Å²) in [6, 6.07) is 0. The Morgan fingerprint density at radius 2 is 1.30 bits per heavy atom. The van der Waals surface area contributed by atoms with Crippen LogP contribution in [0.2, 0.25) is 0 Å². The number of hydrogen-bond acceptors (Lipinski definition) is 5. The quantitative estimate of drug-likeness (QED) is 0.524. The predicted molar refractivity (Wildman–Crippen MR) is 82.4 cm³/mol. The molecule has 0 aromatic heterocycles. The van der Waals surface area contributed by atoms with E-state index < -0.39 is 0 Å². The van der Waals surface area contributed by atoms with Gasteiger partial charge in [-0.25, -0.2) is 0 Å². The second-order valence-corrected chi connectivity index (χ2v) is 4.69. The monoisotopic (exact) mass is 281 g/mol. The zero-order valence-electron chi connectivity index (χ0n) is 12.8. The molecular formula is C15H27N3O2. The smallest absolute Gasteiger partial charge is 0.157 e. The highest BCUT2D eigenvalue weighted by atomic mass is 16.1. The SMILES string of the molecule is CNC=CC(=O)CCCN(C)CCCC(=O)C=CNC. The third-order valence-electron chi connectivity index (χ3n) is 2.80.